The fourth-order valence-corrected chi connectivity index (χ4v) is 5.53. The Morgan fingerprint density at radius 3 is 2.42 bits per heavy atom. The number of urea groups is 1. The summed E-state index contributed by atoms with van der Waals surface area (Å²) in [6.07, 6.45) is 3.24. The molecule has 0 spiro atoms. The Morgan fingerprint density at radius 2 is 1.82 bits per heavy atom. The number of rotatable bonds is 4. The molecule has 184 valence electrons. The van der Waals surface area contributed by atoms with Crippen molar-refractivity contribution in [1.82, 2.24) is 25.0 Å². The number of likely N-dealkylation sites (tertiary alicyclic amines) is 1. The van der Waals surface area contributed by atoms with Crippen LogP contribution in [0.5, 0.6) is 0 Å². The van der Waals surface area contributed by atoms with Gasteiger partial charge in [0.15, 0.2) is 0 Å². The van der Waals surface area contributed by atoms with E-state index < -0.39 is 23.6 Å². The summed E-state index contributed by atoms with van der Waals surface area (Å²) in [4.78, 5) is 23.3. The molecular weight excluding hydrogens is 428 g/mol. The molecule has 33 heavy (non-hydrogen) atoms. The van der Waals surface area contributed by atoms with Crippen molar-refractivity contribution in [3.05, 3.63) is 30.1 Å². The first-order valence-electron chi connectivity index (χ1n) is 12.2. The average Bonchev–Trinajstić information content (AvgIpc) is 2.81. The van der Waals surface area contributed by atoms with Crippen molar-refractivity contribution < 1.29 is 18.7 Å². The van der Waals surface area contributed by atoms with E-state index in [4.69, 9.17) is 0 Å². The minimum absolute atomic E-state index is 0.195. The number of amides is 2. The van der Waals surface area contributed by atoms with E-state index in [1.807, 2.05) is 6.07 Å². The van der Waals surface area contributed by atoms with Crippen molar-refractivity contribution in [3.8, 4) is 0 Å². The molecule has 1 unspecified atom stereocenters. The highest BCUT2D eigenvalue weighted by atomic mass is 19.3. The number of nitrogens with zero attached hydrogens (tertiary/aromatic N) is 4. The third kappa shape index (κ3) is 5.30. The van der Waals surface area contributed by atoms with Crippen LogP contribution in [0.15, 0.2) is 24.4 Å². The van der Waals surface area contributed by atoms with Crippen molar-refractivity contribution in [2.45, 2.75) is 75.6 Å². The second-order valence-electron chi connectivity index (χ2n) is 10.0. The molecule has 3 heterocycles. The van der Waals surface area contributed by atoms with Crippen molar-refractivity contribution in [3.63, 3.8) is 0 Å². The van der Waals surface area contributed by atoms with Crippen LogP contribution in [0.25, 0.3) is 0 Å². The number of hydrogen-bond donors (Lipinski definition) is 2. The summed E-state index contributed by atoms with van der Waals surface area (Å²) >= 11 is 0. The van der Waals surface area contributed by atoms with Crippen LogP contribution in [0.4, 0.5) is 13.6 Å². The van der Waals surface area contributed by atoms with Gasteiger partial charge in [-0.05, 0) is 51.7 Å². The van der Waals surface area contributed by atoms with Crippen LogP contribution in [0.2, 0.25) is 0 Å². The molecule has 3 fully saturated rings. The van der Waals surface area contributed by atoms with Gasteiger partial charge in [0, 0.05) is 64.0 Å². The monoisotopic (exact) mass is 465 g/mol. The summed E-state index contributed by atoms with van der Waals surface area (Å²) < 4.78 is 30.1. The van der Waals surface area contributed by atoms with Gasteiger partial charge in [-0.2, -0.15) is 0 Å². The van der Waals surface area contributed by atoms with E-state index in [1.54, 1.807) is 23.2 Å². The number of aliphatic hydroxyl groups is 1. The topological polar surface area (TPSA) is 71.9 Å². The van der Waals surface area contributed by atoms with E-state index in [-0.39, 0.29) is 12.5 Å². The normalized spacial score (nSPS) is 28.6. The SMILES string of the molecule is CC(C)N1CCN(C2CCCC(F)(F)[C@@H]2NC(=O)N2CCC(O)(c3ccccn3)CC2)CC1. The maximum atomic E-state index is 15.0. The smallest absolute Gasteiger partial charge is 0.317 e. The van der Waals surface area contributed by atoms with E-state index in [9.17, 15) is 9.90 Å². The number of halogens is 2. The minimum atomic E-state index is -2.93. The Balaban J connectivity index is 1.39. The van der Waals surface area contributed by atoms with Gasteiger partial charge in [0.1, 0.15) is 11.6 Å². The van der Waals surface area contributed by atoms with Gasteiger partial charge in [-0.1, -0.05) is 6.07 Å². The zero-order valence-electron chi connectivity index (χ0n) is 19.7. The van der Waals surface area contributed by atoms with Gasteiger partial charge >= 0.3 is 6.03 Å². The van der Waals surface area contributed by atoms with Crippen LogP contribution in [-0.2, 0) is 5.60 Å². The van der Waals surface area contributed by atoms with Gasteiger partial charge in [0.2, 0.25) is 0 Å². The lowest BCUT2D eigenvalue weighted by Gasteiger charge is -2.48. The van der Waals surface area contributed by atoms with Crippen molar-refractivity contribution in [1.29, 1.82) is 0 Å². The number of alkyl halides is 2. The quantitative estimate of drug-likeness (QED) is 0.716. The molecule has 1 aromatic heterocycles. The Labute approximate surface area is 195 Å². The number of pyridine rings is 1. The molecule has 0 aromatic carbocycles. The van der Waals surface area contributed by atoms with Crippen molar-refractivity contribution >= 4 is 6.03 Å². The van der Waals surface area contributed by atoms with Crippen LogP contribution in [0.3, 0.4) is 0 Å². The third-order valence-electron chi connectivity index (χ3n) is 7.70. The van der Waals surface area contributed by atoms with E-state index in [1.165, 1.54) is 0 Å². The summed E-state index contributed by atoms with van der Waals surface area (Å²) in [6.45, 7) is 8.11. The molecule has 0 radical (unpaired) electrons. The summed E-state index contributed by atoms with van der Waals surface area (Å²) in [6, 6.07) is 3.82. The molecule has 4 rings (SSSR count). The Bertz CT molecular complexity index is 793. The molecule has 3 aliphatic rings. The van der Waals surface area contributed by atoms with Crippen LogP contribution < -0.4 is 5.32 Å². The second kappa shape index (κ2) is 9.80. The molecule has 1 saturated carbocycles. The van der Waals surface area contributed by atoms with E-state index in [2.05, 4.69) is 33.9 Å². The molecule has 1 aromatic rings. The molecular formula is C24H37F2N5O2. The maximum absolute atomic E-state index is 15.0. The predicted molar refractivity (Wildman–Crippen MR) is 122 cm³/mol. The van der Waals surface area contributed by atoms with E-state index in [0.29, 0.717) is 50.5 Å². The van der Waals surface area contributed by atoms with Gasteiger partial charge < -0.3 is 15.3 Å². The number of hydrogen-bond acceptors (Lipinski definition) is 5. The molecule has 2 atom stereocenters. The van der Waals surface area contributed by atoms with E-state index >= 15 is 8.78 Å². The molecule has 2 amide bonds. The molecule has 2 aliphatic heterocycles. The standard InChI is InChI=1S/C24H37F2N5O2/c1-18(2)29-14-16-30(17-15-29)19-6-5-8-24(25,26)21(19)28-22(32)31-12-9-23(33,10-13-31)20-7-3-4-11-27-20/h3-4,7,11,18-19,21,33H,5-6,8-10,12-17H2,1-2H3,(H,28,32)/t19?,21-/m1/s1. The number of carbonyl (C=O) groups excluding carboxylic acids is 1. The Kier molecular flexibility index (Phi) is 7.21. The first-order chi connectivity index (χ1) is 15.7. The highest BCUT2D eigenvalue weighted by Gasteiger charge is 2.50. The summed E-state index contributed by atoms with van der Waals surface area (Å²) in [7, 11) is 0. The van der Waals surface area contributed by atoms with Gasteiger partial charge in [-0.15, -0.1) is 0 Å². The lowest BCUT2D eigenvalue weighted by Crippen LogP contribution is -2.66. The van der Waals surface area contributed by atoms with Crippen LogP contribution in [0, 0.1) is 0 Å². The third-order valence-corrected chi connectivity index (χ3v) is 7.70. The van der Waals surface area contributed by atoms with Crippen molar-refractivity contribution in [2.75, 3.05) is 39.3 Å². The molecule has 2 N–H and O–H groups in total. The lowest BCUT2D eigenvalue weighted by molar-refractivity contribution is -0.0979. The van der Waals surface area contributed by atoms with Crippen LogP contribution >= 0.6 is 0 Å². The number of nitrogens with one attached hydrogen (secondary N) is 1. The first-order valence-corrected chi connectivity index (χ1v) is 12.2. The first kappa shape index (κ1) is 24.3. The summed E-state index contributed by atoms with van der Waals surface area (Å²) in [5.41, 5.74) is -0.504. The average molecular weight is 466 g/mol. The number of piperidine rings is 1. The van der Waals surface area contributed by atoms with Gasteiger partial charge in [-0.25, -0.2) is 13.6 Å². The molecule has 7 nitrogen and oxygen atoms in total. The Morgan fingerprint density at radius 1 is 1.12 bits per heavy atom. The fraction of sp³-hybridized carbons (Fsp3) is 0.750. The minimum Gasteiger partial charge on any atom is -0.383 e. The maximum Gasteiger partial charge on any atom is 0.317 e. The van der Waals surface area contributed by atoms with Crippen LogP contribution in [0.1, 0.15) is 51.6 Å². The molecule has 2 saturated heterocycles. The summed E-state index contributed by atoms with van der Waals surface area (Å²) in [5.74, 6) is -2.93. The van der Waals surface area contributed by atoms with Gasteiger partial charge in [0.05, 0.1) is 5.69 Å². The molecule has 1 aliphatic carbocycles. The van der Waals surface area contributed by atoms with Crippen LogP contribution in [-0.4, -0.2) is 94.1 Å². The largest absolute Gasteiger partial charge is 0.383 e. The highest BCUT2D eigenvalue weighted by Crippen LogP contribution is 2.37. The number of piperazine rings is 1. The molecule has 0 bridgehead atoms. The lowest BCUT2D eigenvalue weighted by atomic mass is 9.85. The predicted octanol–water partition coefficient (Wildman–Crippen LogP) is 2.66. The number of carbonyl (C=O) groups is 1. The molecule has 9 heteroatoms. The zero-order valence-corrected chi connectivity index (χ0v) is 19.7. The zero-order chi connectivity index (χ0) is 23.6. The number of aromatic nitrogens is 1. The fourth-order valence-electron chi connectivity index (χ4n) is 5.53. The van der Waals surface area contributed by atoms with E-state index in [0.717, 1.165) is 26.2 Å². The second-order valence-corrected chi connectivity index (χ2v) is 10.0. The highest BCUT2D eigenvalue weighted by molar-refractivity contribution is 5.75. The van der Waals surface area contributed by atoms with Gasteiger partial charge in [-0.3, -0.25) is 14.8 Å². The Hall–Kier alpha value is -1.84. The summed E-state index contributed by atoms with van der Waals surface area (Å²) in [5, 5.41) is 13.7. The van der Waals surface area contributed by atoms with Crippen molar-refractivity contribution in [2.24, 2.45) is 0 Å². The van der Waals surface area contributed by atoms with Gasteiger partial charge in [0.25, 0.3) is 5.92 Å².